The first-order valence-electron chi connectivity index (χ1n) is 5.47. The maximum Gasteiger partial charge on any atom is 0.259 e. The Kier molecular flexibility index (Phi) is 3.56. The molecule has 2 rings (SSSR count). The Morgan fingerprint density at radius 1 is 1.59 bits per heavy atom. The quantitative estimate of drug-likeness (QED) is 0.858. The van der Waals surface area contributed by atoms with Crippen molar-refractivity contribution >= 4 is 16.3 Å². The SMILES string of the molecule is Cc1csc2nc(CN(C)CCN)cc(=O)n12. The minimum atomic E-state index is -0.00935. The van der Waals surface area contributed by atoms with E-state index in [1.165, 1.54) is 11.3 Å². The molecule has 0 saturated carbocycles. The summed E-state index contributed by atoms with van der Waals surface area (Å²) in [5.41, 5.74) is 7.21. The molecule has 0 atom stereocenters. The molecule has 0 bridgehead atoms. The lowest BCUT2D eigenvalue weighted by molar-refractivity contribution is 0.332. The number of aryl methyl sites for hydroxylation is 1. The van der Waals surface area contributed by atoms with Crippen molar-refractivity contribution in [2.45, 2.75) is 13.5 Å². The van der Waals surface area contributed by atoms with Crippen molar-refractivity contribution in [3.05, 3.63) is 33.2 Å². The van der Waals surface area contributed by atoms with Crippen molar-refractivity contribution in [1.82, 2.24) is 14.3 Å². The number of likely N-dealkylation sites (N-methyl/N-ethyl adjacent to an activating group) is 1. The van der Waals surface area contributed by atoms with E-state index in [0.29, 0.717) is 13.1 Å². The Hall–Kier alpha value is -1.24. The molecule has 0 radical (unpaired) electrons. The van der Waals surface area contributed by atoms with Crippen LogP contribution < -0.4 is 11.3 Å². The molecular formula is C11H16N4OS. The van der Waals surface area contributed by atoms with Crippen LogP contribution in [0.25, 0.3) is 4.96 Å². The lowest BCUT2D eigenvalue weighted by Crippen LogP contribution is -2.26. The topological polar surface area (TPSA) is 63.6 Å². The van der Waals surface area contributed by atoms with E-state index in [9.17, 15) is 4.79 Å². The normalized spacial score (nSPS) is 11.5. The lowest BCUT2D eigenvalue weighted by Gasteiger charge is -2.14. The van der Waals surface area contributed by atoms with Gasteiger partial charge in [-0.15, -0.1) is 11.3 Å². The molecule has 2 heterocycles. The molecule has 5 nitrogen and oxygen atoms in total. The summed E-state index contributed by atoms with van der Waals surface area (Å²) in [5.74, 6) is 0. The Morgan fingerprint density at radius 3 is 3.06 bits per heavy atom. The first kappa shape index (κ1) is 12.2. The van der Waals surface area contributed by atoms with E-state index in [-0.39, 0.29) is 5.56 Å². The van der Waals surface area contributed by atoms with Gasteiger partial charge in [0.05, 0.1) is 5.69 Å². The van der Waals surface area contributed by atoms with Crippen molar-refractivity contribution in [1.29, 1.82) is 0 Å². The van der Waals surface area contributed by atoms with Crippen molar-refractivity contribution in [2.75, 3.05) is 20.1 Å². The molecule has 92 valence electrons. The lowest BCUT2D eigenvalue weighted by atomic mass is 10.3. The maximum absolute atomic E-state index is 11.9. The van der Waals surface area contributed by atoms with Crippen LogP contribution in [-0.4, -0.2) is 34.4 Å². The zero-order chi connectivity index (χ0) is 12.4. The number of hydrogen-bond donors (Lipinski definition) is 1. The average molecular weight is 252 g/mol. The van der Waals surface area contributed by atoms with Crippen LogP contribution in [0.3, 0.4) is 0 Å². The fourth-order valence-electron chi connectivity index (χ4n) is 1.76. The Balaban J connectivity index is 2.34. The van der Waals surface area contributed by atoms with E-state index in [1.807, 2.05) is 19.4 Å². The van der Waals surface area contributed by atoms with Gasteiger partial charge in [0.1, 0.15) is 0 Å². The van der Waals surface area contributed by atoms with Crippen LogP contribution in [-0.2, 0) is 6.54 Å². The molecule has 6 heteroatoms. The minimum absolute atomic E-state index is 0.00935. The van der Waals surface area contributed by atoms with Gasteiger partial charge in [0.25, 0.3) is 5.56 Å². The molecule has 0 amide bonds. The number of aromatic nitrogens is 2. The second kappa shape index (κ2) is 4.95. The van der Waals surface area contributed by atoms with Gasteiger partial charge in [-0.1, -0.05) is 0 Å². The monoisotopic (exact) mass is 252 g/mol. The fraction of sp³-hybridized carbons (Fsp3) is 0.455. The molecule has 2 aromatic rings. The summed E-state index contributed by atoms with van der Waals surface area (Å²) in [6, 6.07) is 1.60. The van der Waals surface area contributed by atoms with Crippen molar-refractivity contribution in [3.8, 4) is 0 Å². The Morgan fingerprint density at radius 2 is 2.35 bits per heavy atom. The summed E-state index contributed by atoms with van der Waals surface area (Å²) >= 11 is 1.49. The van der Waals surface area contributed by atoms with E-state index in [2.05, 4.69) is 9.88 Å². The molecule has 0 spiro atoms. The zero-order valence-corrected chi connectivity index (χ0v) is 10.8. The number of thiazole rings is 1. The number of nitrogens with two attached hydrogens (primary N) is 1. The number of fused-ring (bicyclic) bond motifs is 1. The summed E-state index contributed by atoms with van der Waals surface area (Å²) in [6.07, 6.45) is 0. The van der Waals surface area contributed by atoms with Gasteiger partial charge in [0, 0.05) is 36.8 Å². The number of nitrogens with zero attached hydrogens (tertiary/aromatic N) is 3. The molecule has 0 aliphatic heterocycles. The van der Waals surface area contributed by atoms with Gasteiger partial charge in [-0.3, -0.25) is 14.1 Å². The Labute approximate surface area is 104 Å². The standard InChI is InChI=1S/C11H16N4OS/c1-8-7-17-11-13-9(5-10(16)15(8)11)6-14(2)4-3-12/h5,7H,3-4,6,12H2,1-2H3. The third-order valence-corrected chi connectivity index (χ3v) is 3.51. The first-order chi connectivity index (χ1) is 8.11. The first-order valence-corrected chi connectivity index (χ1v) is 6.35. The highest BCUT2D eigenvalue weighted by molar-refractivity contribution is 7.15. The molecule has 2 N–H and O–H groups in total. The highest BCUT2D eigenvalue weighted by atomic mass is 32.1. The van der Waals surface area contributed by atoms with Crippen LogP contribution in [0.4, 0.5) is 0 Å². The van der Waals surface area contributed by atoms with E-state index >= 15 is 0 Å². The molecule has 0 unspecified atom stereocenters. The number of rotatable bonds is 4. The van der Waals surface area contributed by atoms with Crippen LogP contribution in [0.1, 0.15) is 11.4 Å². The molecule has 2 aromatic heterocycles. The second-order valence-electron chi connectivity index (χ2n) is 4.11. The Bertz CT molecular complexity index is 574. The molecule has 0 saturated heterocycles. The average Bonchev–Trinajstić information content (AvgIpc) is 2.60. The fourth-order valence-corrected chi connectivity index (χ4v) is 2.65. The molecule has 0 aromatic carbocycles. The van der Waals surface area contributed by atoms with Crippen LogP contribution in [0, 0.1) is 6.92 Å². The summed E-state index contributed by atoms with van der Waals surface area (Å²) < 4.78 is 1.64. The zero-order valence-electron chi connectivity index (χ0n) is 10.0. The van der Waals surface area contributed by atoms with Crippen molar-refractivity contribution in [3.63, 3.8) is 0 Å². The van der Waals surface area contributed by atoms with Crippen LogP contribution in [0.2, 0.25) is 0 Å². The van der Waals surface area contributed by atoms with Gasteiger partial charge in [0.2, 0.25) is 0 Å². The predicted molar refractivity (Wildman–Crippen MR) is 69.5 cm³/mol. The largest absolute Gasteiger partial charge is 0.329 e. The molecule has 0 aliphatic carbocycles. The molecule has 0 fully saturated rings. The second-order valence-corrected chi connectivity index (χ2v) is 4.94. The van der Waals surface area contributed by atoms with Gasteiger partial charge in [-0.05, 0) is 14.0 Å². The van der Waals surface area contributed by atoms with E-state index < -0.39 is 0 Å². The molecular weight excluding hydrogens is 236 g/mol. The summed E-state index contributed by atoms with van der Waals surface area (Å²) in [6.45, 7) is 3.97. The van der Waals surface area contributed by atoms with Gasteiger partial charge in [-0.25, -0.2) is 4.98 Å². The third kappa shape index (κ3) is 2.54. The van der Waals surface area contributed by atoms with Crippen LogP contribution >= 0.6 is 11.3 Å². The summed E-state index contributed by atoms with van der Waals surface area (Å²) in [7, 11) is 1.97. The summed E-state index contributed by atoms with van der Waals surface area (Å²) in [4.78, 5) is 19.2. The molecule has 17 heavy (non-hydrogen) atoms. The van der Waals surface area contributed by atoms with Gasteiger partial charge >= 0.3 is 0 Å². The maximum atomic E-state index is 11.9. The predicted octanol–water partition coefficient (Wildman–Crippen LogP) is 0.455. The summed E-state index contributed by atoms with van der Waals surface area (Å²) in [5, 5.41) is 1.94. The number of hydrogen-bond acceptors (Lipinski definition) is 5. The van der Waals surface area contributed by atoms with Crippen LogP contribution in [0.15, 0.2) is 16.2 Å². The highest BCUT2D eigenvalue weighted by Gasteiger charge is 2.07. The minimum Gasteiger partial charge on any atom is -0.329 e. The van der Waals surface area contributed by atoms with E-state index in [4.69, 9.17) is 5.73 Å². The van der Waals surface area contributed by atoms with Crippen LogP contribution in [0.5, 0.6) is 0 Å². The van der Waals surface area contributed by atoms with Crippen molar-refractivity contribution < 1.29 is 0 Å². The van der Waals surface area contributed by atoms with Crippen molar-refractivity contribution in [2.24, 2.45) is 5.73 Å². The van der Waals surface area contributed by atoms with E-state index in [0.717, 1.165) is 22.9 Å². The van der Waals surface area contributed by atoms with E-state index in [1.54, 1.807) is 10.5 Å². The molecule has 0 aliphatic rings. The van der Waals surface area contributed by atoms with Gasteiger partial charge in [-0.2, -0.15) is 0 Å². The smallest absolute Gasteiger partial charge is 0.259 e. The van der Waals surface area contributed by atoms with Gasteiger partial charge < -0.3 is 5.73 Å². The third-order valence-electron chi connectivity index (χ3n) is 2.57. The van der Waals surface area contributed by atoms with Gasteiger partial charge in [0.15, 0.2) is 4.96 Å². The highest BCUT2D eigenvalue weighted by Crippen LogP contribution is 2.11.